The predicted octanol–water partition coefficient (Wildman–Crippen LogP) is 2.50. The summed E-state index contributed by atoms with van der Waals surface area (Å²) in [4.78, 5) is 16.0. The minimum Gasteiger partial charge on any atom is -0.495 e. The number of nitrogens with zero attached hydrogens (tertiary/aromatic N) is 2. The summed E-state index contributed by atoms with van der Waals surface area (Å²) in [5.74, 6) is 1.15. The van der Waals surface area contributed by atoms with Crippen molar-refractivity contribution in [2.24, 2.45) is 0 Å². The molecule has 0 unspecified atom stereocenters. The van der Waals surface area contributed by atoms with Crippen molar-refractivity contribution < 1.29 is 9.53 Å². The monoisotopic (exact) mass is 305 g/mol. The highest BCUT2D eigenvalue weighted by molar-refractivity contribution is 7.99. The highest BCUT2D eigenvalue weighted by Crippen LogP contribution is 2.26. The third kappa shape index (κ3) is 4.01. The number of carbonyl (C=O) groups is 1. The highest BCUT2D eigenvalue weighted by atomic mass is 32.2. The lowest BCUT2D eigenvalue weighted by Crippen LogP contribution is -2.25. The van der Waals surface area contributed by atoms with E-state index in [2.05, 4.69) is 10.3 Å². The zero-order valence-electron chi connectivity index (χ0n) is 12.2. The summed E-state index contributed by atoms with van der Waals surface area (Å²) in [5, 5.41) is 3.62. The standard InChI is InChI=1S/C15H19N3O2S/c1-3-8-16-14(19)11-21-15-17-9-10-18(15)12-6-4-5-7-13(12)20-2/h4-7,9-10H,3,8,11H2,1-2H3,(H,16,19). The zero-order valence-corrected chi connectivity index (χ0v) is 13.0. The summed E-state index contributed by atoms with van der Waals surface area (Å²) >= 11 is 1.41. The van der Waals surface area contributed by atoms with Gasteiger partial charge in [-0.05, 0) is 18.6 Å². The van der Waals surface area contributed by atoms with Gasteiger partial charge in [0.1, 0.15) is 5.75 Å². The van der Waals surface area contributed by atoms with E-state index >= 15 is 0 Å². The number of methoxy groups -OCH3 is 1. The molecule has 0 bridgehead atoms. The van der Waals surface area contributed by atoms with Gasteiger partial charge in [0.05, 0.1) is 18.6 Å². The summed E-state index contributed by atoms with van der Waals surface area (Å²) in [6.45, 7) is 2.74. The Bertz CT molecular complexity index is 598. The minimum atomic E-state index is 0.0245. The molecule has 0 aliphatic heterocycles. The number of thioether (sulfide) groups is 1. The van der Waals surface area contributed by atoms with E-state index in [9.17, 15) is 4.79 Å². The smallest absolute Gasteiger partial charge is 0.230 e. The molecule has 0 saturated carbocycles. The molecule has 6 heteroatoms. The lowest BCUT2D eigenvalue weighted by Gasteiger charge is -2.11. The van der Waals surface area contributed by atoms with Gasteiger partial charge in [-0.2, -0.15) is 0 Å². The molecule has 1 heterocycles. The van der Waals surface area contributed by atoms with Crippen LogP contribution in [0.2, 0.25) is 0 Å². The SMILES string of the molecule is CCCNC(=O)CSc1nccn1-c1ccccc1OC. The number of carbonyl (C=O) groups excluding carboxylic acids is 1. The maximum absolute atomic E-state index is 11.7. The maximum atomic E-state index is 11.7. The van der Waals surface area contributed by atoms with Crippen LogP contribution in [0.25, 0.3) is 5.69 Å². The van der Waals surface area contributed by atoms with E-state index in [-0.39, 0.29) is 5.91 Å². The zero-order chi connectivity index (χ0) is 15.1. The fourth-order valence-electron chi connectivity index (χ4n) is 1.85. The number of nitrogens with one attached hydrogen (secondary N) is 1. The van der Waals surface area contributed by atoms with Gasteiger partial charge in [-0.3, -0.25) is 9.36 Å². The van der Waals surface area contributed by atoms with Gasteiger partial charge in [0.25, 0.3) is 0 Å². The molecule has 0 radical (unpaired) electrons. The topological polar surface area (TPSA) is 56.2 Å². The Kier molecular flexibility index (Phi) is 5.68. The molecule has 1 aromatic heterocycles. The van der Waals surface area contributed by atoms with Crippen molar-refractivity contribution in [1.29, 1.82) is 0 Å². The van der Waals surface area contributed by atoms with E-state index in [0.29, 0.717) is 12.3 Å². The molecule has 0 fully saturated rings. The number of imidazole rings is 1. The van der Waals surface area contributed by atoms with Crippen molar-refractivity contribution in [3.8, 4) is 11.4 Å². The second kappa shape index (κ2) is 7.73. The summed E-state index contributed by atoms with van der Waals surface area (Å²) in [5.41, 5.74) is 0.911. The van der Waals surface area contributed by atoms with Crippen LogP contribution in [0.3, 0.4) is 0 Å². The molecule has 5 nitrogen and oxygen atoms in total. The number of benzene rings is 1. The number of aromatic nitrogens is 2. The van der Waals surface area contributed by atoms with Crippen LogP contribution in [0.4, 0.5) is 0 Å². The Balaban J connectivity index is 2.10. The molecule has 0 saturated heterocycles. The number of rotatable bonds is 7. The third-order valence-electron chi connectivity index (χ3n) is 2.86. The Morgan fingerprint density at radius 3 is 3.00 bits per heavy atom. The summed E-state index contributed by atoms with van der Waals surface area (Å²) in [6, 6.07) is 7.73. The average molecular weight is 305 g/mol. The fourth-order valence-corrected chi connectivity index (χ4v) is 2.65. The normalized spacial score (nSPS) is 10.4. The predicted molar refractivity (Wildman–Crippen MR) is 84.1 cm³/mol. The molecule has 21 heavy (non-hydrogen) atoms. The second-order valence-corrected chi connectivity index (χ2v) is 5.33. The van der Waals surface area contributed by atoms with Crippen molar-refractivity contribution >= 4 is 17.7 Å². The molecule has 1 N–H and O–H groups in total. The minimum absolute atomic E-state index is 0.0245. The molecule has 1 aromatic carbocycles. The Hall–Kier alpha value is -1.95. The molecule has 2 rings (SSSR count). The molecular formula is C15H19N3O2S. The van der Waals surface area contributed by atoms with E-state index in [1.165, 1.54) is 11.8 Å². The molecule has 112 valence electrons. The van der Waals surface area contributed by atoms with Crippen LogP contribution in [0.5, 0.6) is 5.75 Å². The first kappa shape index (κ1) is 15.4. The van der Waals surface area contributed by atoms with Crippen LogP contribution in [0.15, 0.2) is 41.8 Å². The van der Waals surface area contributed by atoms with Crippen molar-refractivity contribution in [1.82, 2.24) is 14.9 Å². The molecule has 2 aromatic rings. The van der Waals surface area contributed by atoms with Gasteiger partial charge in [0, 0.05) is 18.9 Å². The van der Waals surface area contributed by atoms with Crippen LogP contribution >= 0.6 is 11.8 Å². The molecule has 1 amide bonds. The van der Waals surface area contributed by atoms with Gasteiger partial charge in [-0.25, -0.2) is 4.98 Å². The molecule has 0 atom stereocenters. The van der Waals surface area contributed by atoms with Crippen molar-refractivity contribution in [2.45, 2.75) is 18.5 Å². The Morgan fingerprint density at radius 2 is 2.24 bits per heavy atom. The summed E-state index contributed by atoms with van der Waals surface area (Å²) in [6.07, 6.45) is 4.52. The lowest BCUT2D eigenvalue weighted by atomic mass is 10.3. The molecule has 0 spiro atoms. The van der Waals surface area contributed by atoms with Gasteiger partial charge >= 0.3 is 0 Å². The van der Waals surface area contributed by atoms with Crippen molar-refractivity contribution in [3.05, 3.63) is 36.7 Å². The van der Waals surface area contributed by atoms with Crippen LogP contribution < -0.4 is 10.1 Å². The fraction of sp³-hybridized carbons (Fsp3) is 0.333. The van der Waals surface area contributed by atoms with E-state index in [1.807, 2.05) is 42.0 Å². The van der Waals surface area contributed by atoms with Crippen LogP contribution in [0, 0.1) is 0 Å². The van der Waals surface area contributed by atoms with Crippen LogP contribution in [-0.4, -0.2) is 34.9 Å². The van der Waals surface area contributed by atoms with E-state index < -0.39 is 0 Å². The first-order chi connectivity index (χ1) is 10.3. The molecular weight excluding hydrogens is 286 g/mol. The van der Waals surface area contributed by atoms with Gasteiger partial charge in [-0.15, -0.1) is 0 Å². The highest BCUT2D eigenvalue weighted by Gasteiger charge is 2.11. The average Bonchev–Trinajstić information content (AvgIpc) is 2.99. The van der Waals surface area contributed by atoms with Crippen molar-refractivity contribution in [2.75, 3.05) is 19.4 Å². The lowest BCUT2D eigenvalue weighted by molar-refractivity contribution is -0.118. The van der Waals surface area contributed by atoms with E-state index in [0.717, 1.165) is 23.0 Å². The number of hydrogen-bond acceptors (Lipinski definition) is 4. The molecule has 0 aliphatic rings. The quantitative estimate of drug-likeness (QED) is 0.799. The number of hydrogen-bond donors (Lipinski definition) is 1. The largest absolute Gasteiger partial charge is 0.495 e. The first-order valence-corrected chi connectivity index (χ1v) is 7.81. The van der Waals surface area contributed by atoms with Crippen LogP contribution in [-0.2, 0) is 4.79 Å². The van der Waals surface area contributed by atoms with Gasteiger partial charge in [-0.1, -0.05) is 30.8 Å². The number of para-hydroxylation sites is 2. The van der Waals surface area contributed by atoms with E-state index in [1.54, 1.807) is 13.3 Å². The first-order valence-electron chi connectivity index (χ1n) is 6.82. The van der Waals surface area contributed by atoms with Crippen LogP contribution in [0.1, 0.15) is 13.3 Å². The Labute approximate surface area is 128 Å². The number of amides is 1. The van der Waals surface area contributed by atoms with Gasteiger partial charge in [0.15, 0.2) is 5.16 Å². The third-order valence-corrected chi connectivity index (χ3v) is 3.82. The number of ether oxygens (including phenoxy) is 1. The summed E-state index contributed by atoms with van der Waals surface area (Å²) in [7, 11) is 1.64. The molecule has 0 aliphatic carbocycles. The van der Waals surface area contributed by atoms with Gasteiger partial charge < -0.3 is 10.1 Å². The second-order valence-electron chi connectivity index (χ2n) is 4.39. The Morgan fingerprint density at radius 1 is 1.43 bits per heavy atom. The maximum Gasteiger partial charge on any atom is 0.230 e. The van der Waals surface area contributed by atoms with E-state index in [4.69, 9.17) is 4.74 Å². The van der Waals surface area contributed by atoms with Gasteiger partial charge in [0.2, 0.25) is 5.91 Å². The van der Waals surface area contributed by atoms with Crippen molar-refractivity contribution in [3.63, 3.8) is 0 Å². The summed E-state index contributed by atoms with van der Waals surface area (Å²) < 4.78 is 7.29.